The number of hydrogen-bond acceptors (Lipinski definition) is 3. The van der Waals surface area contributed by atoms with Gasteiger partial charge in [0.15, 0.2) is 0 Å². The van der Waals surface area contributed by atoms with Crippen LogP contribution in [-0.2, 0) is 12.8 Å². The SMILES string of the molecule is Cc1cc(-c2ccc(N(c3ccccc3)c3ccccc3)cc2)ccc1Cc1cc(-c2ccc(N(c3ccccc3)c3ccccc3)cc2)ccc1Cc1cccc(-c2ccc(N(c3ccccc3)c3ccccc3)cc2)c1. The number of benzene rings is 12. The summed E-state index contributed by atoms with van der Waals surface area (Å²) in [6, 6.07) is 114. The van der Waals surface area contributed by atoms with Gasteiger partial charge in [-0.1, -0.05) is 206 Å². The molecular weight excluding hydrogens is 943 g/mol. The highest BCUT2D eigenvalue weighted by atomic mass is 15.2. The monoisotopic (exact) mass is 1000 g/mol. The van der Waals surface area contributed by atoms with Gasteiger partial charge in [-0.25, -0.2) is 0 Å². The minimum Gasteiger partial charge on any atom is -0.311 e. The highest BCUT2D eigenvalue weighted by molar-refractivity contribution is 5.81. The van der Waals surface area contributed by atoms with E-state index < -0.39 is 0 Å². The van der Waals surface area contributed by atoms with Crippen LogP contribution in [0.5, 0.6) is 0 Å². The van der Waals surface area contributed by atoms with Crippen LogP contribution in [0.25, 0.3) is 33.4 Å². The average Bonchev–Trinajstić information content (AvgIpc) is 3.54. The summed E-state index contributed by atoms with van der Waals surface area (Å²) in [5, 5.41) is 0. The van der Waals surface area contributed by atoms with Crippen LogP contribution in [0.15, 0.2) is 315 Å². The Balaban J connectivity index is 0.851. The molecule has 0 spiro atoms. The van der Waals surface area contributed by atoms with E-state index in [1.807, 2.05) is 0 Å². The lowest BCUT2D eigenvalue weighted by molar-refractivity contribution is 1.08. The Morgan fingerprint density at radius 1 is 0.205 bits per heavy atom. The van der Waals surface area contributed by atoms with E-state index in [1.165, 1.54) is 61.2 Å². The lowest BCUT2D eigenvalue weighted by Crippen LogP contribution is -2.09. The van der Waals surface area contributed by atoms with Crippen molar-refractivity contribution < 1.29 is 0 Å². The molecule has 3 nitrogen and oxygen atoms in total. The van der Waals surface area contributed by atoms with Gasteiger partial charge in [-0.2, -0.15) is 0 Å². The molecule has 0 bridgehead atoms. The zero-order valence-corrected chi connectivity index (χ0v) is 43.8. The van der Waals surface area contributed by atoms with E-state index in [0.717, 1.165) is 64.0 Å². The molecule has 0 radical (unpaired) electrons. The molecule has 0 N–H and O–H groups in total. The van der Waals surface area contributed by atoms with Crippen molar-refractivity contribution in [1.82, 2.24) is 0 Å². The molecule has 0 aliphatic carbocycles. The lowest BCUT2D eigenvalue weighted by Gasteiger charge is -2.25. The Morgan fingerprint density at radius 3 is 0.846 bits per heavy atom. The summed E-state index contributed by atoms with van der Waals surface area (Å²) in [4.78, 5) is 6.93. The van der Waals surface area contributed by atoms with E-state index in [4.69, 9.17) is 0 Å². The third-order valence-corrected chi connectivity index (χ3v) is 14.7. The van der Waals surface area contributed by atoms with E-state index in [2.05, 4.69) is 337 Å². The molecule has 0 fully saturated rings. The van der Waals surface area contributed by atoms with Gasteiger partial charge in [0.25, 0.3) is 0 Å². The fourth-order valence-corrected chi connectivity index (χ4v) is 10.7. The quantitative estimate of drug-likeness (QED) is 0.0955. The van der Waals surface area contributed by atoms with Crippen LogP contribution < -0.4 is 14.7 Å². The van der Waals surface area contributed by atoms with Gasteiger partial charge in [-0.3, -0.25) is 0 Å². The maximum Gasteiger partial charge on any atom is 0.0462 e. The van der Waals surface area contributed by atoms with Gasteiger partial charge < -0.3 is 14.7 Å². The van der Waals surface area contributed by atoms with Crippen LogP contribution >= 0.6 is 0 Å². The van der Waals surface area contributed by atoms with Crippen molar-refractivity contribution in [3.05, 3.63) is 343 Å². The molecule has 0 saturated heterocycles. The lowest BCUT2D eigenvalue weighted by atomic mass is 9.89. The average molecular weight is 1000 g/mol. The van der Waals surface area contributed by atoms with Crippen LogP contribution in [0, 0.1) is 6.92 Å². The second-order valence-electron chi connectivity index (χ2n) is 19.8. The highest BCUT2D eigenvalue weighted by Gasteiger charge is 2.17. The normalized spacial score (nSPS) is 11.0. The number of nitrogens with zero attached hydrogens (tertiary/aromatic N) is 3. The largest absolute Gasteiger partial charge is 0.311 e. The molecule has 0 atom stereocenters. The predicted molar refractivity (Wildman–Crippen MR) is 330 cm³/mol. The molecule has 0 amide bonds. The van der Waals surface area contributed by atoms with Gasteiger partial charge in [-0.15, -0.1) is 0 Å². The van der Waals surface area contributed by atoms with Gasteiger partial charge in [0.2, 0.25) is 0 Å². The predicted octanol–water partition coefficient (Wildman–Crippen LogP) is 20.6. The van der Waals surface area contributed by atoms with Crippen LogP contribution in [0.2, 0.25) is 0 Å². The second kappa shape index (κ2) is 22.9. The van der Waals surface area contributed by atoms with Gasteiger partial charge in [0.05, 0.1) is 0 Å². The molecule has 0 heterocycles. The van der Waals surface area contributed by atoms with Crippen molar-refractivity contribution in [2.24, 2.45) is 0 Å². The first kappa shape index (κ1) is 48.9. The summed E-state index contributed by atoms with van der Waals surface area (Å²) in [6.45, 7) is 2.26. The first-order valence-corrected chi connectivity index (χ1v) is 26.9. The molecule has 0 aromatic heterocycles. The maximum atomic E-state index is 2.43. The molecule has 12 rings (SSSR count). The number of rotatable bonds is 16. The summed E-state index contributed by atoms with van der Waals surface area (Å²) in [5.41, 5.74) is 23.8. The molecule has 0 unspecified atom stereocenters. The van der Waals surface area contributed by atoms with Crippen LogP contribution in [0.1, 0.15) is 27.8 Å². The van der Waals surface area contributed by atoms with Crippen LogP contribution in [0.3, 0.4) is 0 Å². The van der Waals surface area contributed by atoms with Crippen molar-refractivity contribution in [3.63, 3.8) is 0 Å². The minimum absolute atomic E-state index is 0.811. The first-order chi connectivity index (χ1) is 38.6. The van der Waals surface area contributed by atoms with E-state index in [1.54, 1.807) is 0 Å². The van der Waals surface area contributed by atoms with Gasteiger partial charge in [0.1, 0.15) is 0 Å². The van der Waals surface area contributed by atoms with Crippen molar-refractivity contribution in [2.45, 2.75) is 19.8 Å². The molecule has 374 valence electrons. The van der Waals surface area contributed by atoms with E-state index in [0.29, 0.717) is 0 Å². The van der Waals surface area contributed by atoms with E-state index in [-0.39, 0.29) is 0 Å². The summed E-state index contributed by atoms with van der Waals surface area (Å²) in [5.74, 6) is 0. The van der Waals surface area contributed by atoms with Crippen LogP contribution in [0.4, 0.5) is 51.2 Å². The molecule has 3 heteroatoms. The molecular formula is C75H59N3. The minimum atomic E-state index is 0.811. The number of hydrogen-bond donors (Lipinski definition) is 0. The van der Waals surface area contributed by atoms with Crippen molar-refractivity contribution >= 4 is 51.2 Å². The molecule has 12 aromatic carbocycles. The summed E-state index contributed by atoms with van der Waals surface area (Å²) in [6.07, 6.45) is 1.62. The third-order valence-electron chi connectivity index (χ3n) is 14.7. The first-order valence-electron chi connectivity index (χ1n) is 26.9. The Labute approximate surface area is 459 Å². The highest BCUT2D eigenvalue weighted by Crippen LogP contribution is 2.40. The fraction of sp³-hybridized carbons (Fsp3) is 0.0400. The topological polar surface area (TPSA) is 9.72 Å². The zero-order valence-electron chi connectivity index (χ0n) is 43.8. The van der Waals surface area contributed by atoms with Crippen LogP contribution in [-0.4, -0.2) is 0 Å². The molecule has 78 heavy (non-hydrogen) atoms. The van der Waals surface area contributed by atoms with Gasteiger partial charge in [0, 0.05) is 51.2 Å². The summed E-state index contributed by atoms with van der Waals surface area (Å²) < 4.78 is 0. The van der Waals surface area contributed by atoms with Crippen molar-refractivity contribution in [2.75, 3.05) is 14.7 Å². The Morgan fingerprint density at radius 2 is 0.500 bits per heavy atom. The summed E-state index contributed by atoms with van der Waals surface area (Å²) in [7, 11) is 0. The Kier molecular flexibility index (Phi) is 14.4. The summed E-state index contributed by atoms with van der Waals surface area (Å²) >= 11 is 0. The number of para-hydroxylation sites is 6. The smallest absolute Gasteiger partial charge is 0.0462 e. The van der Waals surface area contributed by atoms with Crippen molar-refractivity contribution in [3.8, 4) is 33.4 Å². The van der Waals surface area contributed by atoms with Gasteiger partial charge in [-0.05, 0) is 190 Å². The zero-order chi connectivity index (χ0) is 52.5. The second-order valence-corrected chi connectivity index (χ2v) is 19.8. The molecule has 0 aliphatic heterocycles. The van der Waals surface area contributed by atoms with E-state index >= 15 is 0 Å². The van der Waals surface area contributed by atoms with E-state index in [9.17, 15) is 0 Å². The molecule has 12 aromatic rings. The standard InChI is InChI=1S/C75H59N3/c1-56-51-63(59-41-47-74(48-42-59)77(69-27-12-4-13-28-69)70-29-14-5-15-30-70)36-35-61(56)54-66-55-65(60-43-49-75(50-44-60)78(71-31-16-6-17-32-71)72-33-18-7-19-34-72)38-37-64(66)53-57-21-20-22-62(52-57)58-39-45-73(46-40-58)76(67-23-8-2-9-24-67)68-25-10-3-11-26-68/h2-52,55H,53-54H2,1H3. The molecule has 0 aliphatic rings. The Hall–Kier alpha value is -9.96. The Bertz CT molecular complexity index is 3750. The fourth-order valence-electron chi connectivity index (χ4n) is 10.7. The van der Waals surface area contributed by atoms with Gasteiger partial charge >= 0.3 is 0 Å². The number of anilines is 9. The molecule has 0 saturated carbocycles. The number of aryl methyl sites for hydroxylation is 1. The third kappa shape index (κ3) is 10.9. The van der Waals surface area contributed by atoms with Crippen molar-refractivity contribution in [1.29, 1.82) is 0 Å². The maximum absolute atomic E-state index is 2.43.